The molecule has 1 aliphatic heterocycles. The Balaban J connectivity index is 1.80. The number of amides is 2. The van der Waals surface area contributed by atoms with Gasteiger partial charge in [-0.15, -0.1) is 0 Å². The van der Waals surface area contributed by atoms with E-state index in [2.05, 4.69) is 12.2 Å². The first-order valence-electron chi connectivity index (χ1n) is 7.30. The molecule has 102 valence electrons. The zero-order chi connectivity index (χ0) is 13.9. The van der Waals surface area contributed by atoms with Gasteiger partial charge in [-0.3, -0.25) is 9.59 Å². The number of nitrogens with zero attached hydrogens (tertiary/aromatic N) is 1. The normalized spacial score (nSPS) is 34.8. The molecule has 0 aromatic heterocycles. The molecule has 2 fully saturated rings. The van der Waals surface area contributed by atoms with Crippen molar-refractivity contribution in [3.05, 3.63) is 42.0 Å². The van der Waals surface area contributed by atoms with Crippen molar-refractivity contribution in [2.45, 2.75) is 19.8 Å². The van der Waals surface area contributed by atoms with Gasteiger partial charge in [-0.25, -0.2) is 4.90 Å². The highest BCUT2D eigenvalue weighted by Gasteiger charge is 2.56. The highest BCUT2D eigenvalue weighted by atomic mass is 16.2. The molecule has 0 radical (unpaired) electrons. The van der Waals surface area contributed by atoms with Gasteiger partial charge < -0.3 is 0 Å². The second kappa shape index (κ2) is 4.05. The molecular weight excluding hydrogens is 250 g/mol. The SMILES string of the molecule is Cc1ccccc1N1C(=O)[C@@H]2[C@@H](C1=O)[C@H]1C=C[C@@H]2CC1. The summed E-state index contributed by atoms with van der Waals surface area (Å²) in [6, 6.07) is 7.64. The summed E-state index contributed by atoms with van der Waals surface area (Å²) in [5.74, 6) is 0.296. The number of carbonyl (C=O) groups is 2. The molecule has 2 amide bonds. The molecule has 1 aromatic carbocycles. The first-order chi connectivity index (χ1) is 9.68. The van der Waals surface area contributed by atoms with Crippen molar-refractivity contribution in [3.8, 4) is 0 Å². The van der Waals surface area contributed by atoms with Crippen LogP contribution in [0.15, 0.2) is 36.4 Å². The van der Waals surface area contributed by atoms with E-state index in [9.17, 15) is 9.59 Å². The van der Waals surface area contributed by atoms with Gasteiger partial charge in [0.25, 0.3) is 0 Å². The Hall–Kier alpha value is -1.90. The number of allylic oxidation sites excluding steroid dienone is 2. The van der Waals surface area contributed by atoms with E-state index in [-0.39, 0.29) is 35.5 Å². The van der Waals surface area contributed by atoms with Crippen molar-refractivity contribution in [3.63, 3.8) is 0 Å². The lowest BCUT2D eigenvalue weighted by molar-refractivity contribution is -0.124. The predicted octanol–water partition coefficient (Wildman–Crippen LogP) is 2.70. The number of hydrogen-bond acceptors (Lipinski definition) is 2. The van der Waals surface area contributed by atoms with E-state index in [1.807, 2.05) is 31.2 Å². The van der Waals surface area contributed by atoms with Crippen LogP contribution in [0.5, 0.6) is 0 Å². The molecular formula is C17H17NO2. The third-order valence-electron chi connectivity index (χ3n) is 5.12. The van der Waals surface area contributed by atoms with E-state index in [1.165, 1.54) is 4.90 Å². The smallest absolute Gasteiger partial charge is 0.238 e. The number of hydrogen-bond donors (Lipinski definition) is 0. The fourth-order valence-corrected chi connectivity index (χ4v) is 4.13. The van der Waals surface area contributed by atoms with Gasteiger partial charge in [-0.05, 0) is 43.2 Å². The van der Waals surface area contributed by atoms with Crippen molar-refractivity contribution in [1.82, 2.24) is 0 Å². The molecule has 3 nitrogen and oxygen atoms in total. The predicted molar refractivity (Wildman–Crippen MR) is 76.0 cm³/mol. The van der Waals surface area contributed by atoms with Crippen LogP contribution in [0.1, 0.15) is 18.4 Å². The number of rotatable bonds is 1. The van der Waals surface area contributed by atoms with Gasteiger partial charge in [0.1, 0.15) is 0 Å². The van der Waals surface area contributed by atoms with Crippen LogP contribution >= 0.6 is 0 Å². The largest absolute Gasteiger partial charge is 0.274 e. The summed E-state index contributed by atoms with van der Waals surface area (Å²) < 4.78 is 0. The van der Waals surface area contributed by atoms with Crippen LogP contribution in [0.4, 0.5) is 5.69 Å². The molecule has 0 unspecified atom stereocenters. The maximum atomic E-state index is 12.8. The molecule has 1 heterocycles. The van der Waals surface area contributed by atoms with Crippen LogP contribution in [0.3, 0.4) is 0 Å². The molecule has 1 saturated carbocycles. The summed E-state index contributed by atoms with van der Waals surface area (Å²) in [6.07, 6.45) is 6.40. The highest BCUT2D eigenvalue weighted by Crippen LogP contribution is 2.50. The Morgan fingerprint density at radius 1 is 0.950 bits per heavy atom. The van der Waals surface area contributed by atoms with Gasteiger partial charge in [0.2, 0.25) is 11.8 Å². The van der Waals surface area contributed by atoms with Crippen LogP contribution in [-0.2, 0) is 9.59 Å². The Morgan fingerprint density at radius 2 is 1.50 bits per heavy atom. The Bertz CT molecular complexity index is 602. The van der Waals surface area contributed by atoms with E-state index in [4.69, 9.17) is 0 Å². The lowest BCUT2D eigenvalue weighted by Crippen LogP contribution is -2.38. The Labute approximate surface area is 118 Å². The number of carbonyl (C=O) groups excluding carboxylic acids is 2. The second-order valence-corrected chi connectivity index (χ2v) is 6.14. The van der Waals surface area contributed by atoms with Crippen molar-refractivity contribution < 1.29 is 9.59 Å². The lowest BCUT2D eigenvalue weighted by Gasteiger charge is -2.38. The van der Waals surface area contributed by atoms with Gasteiger partial charge in [-0.2, -0.15) is 0 Å². The van der Waals surface area contributed by atoms with Crippen LogP contribution in [0.2, 0.25) is 0 Å². The van der Waals surface area contributed by atoms with Crippen LogP contribution in [0.25, 0.3) is 0 Å². The third kappa shape index (κ3) is 1.41. The Kier molecular flexibility index (Phi) is 2.40. The quantitative estimate of drug-likeness (QED) is 0.579. The van der Waals surface area contributed by atoms with E-state index in [1.54, 1.807) is 0 Å². The summed E-state index contributed by atoms with van der Waals surface area (Å²) in [5, 5.41) is 0. The van der Waals surface area contributed by atoms with Crippen LogP contribution in [-0.4, -0.2) is 11.8 Å². The summed E-state index contributed by atoms with van der Waals surface area (Å²) in [5.41, 5.74) is 1.74. The minimum atomic E-state index is -0.120. The van der Waals surface area contributed by atoms with Gasteiger partial charge in [0.05, 0.1) is 17.5 Å². The third-order valence-corrected chi connectivity index (χ3v) is 5.12. The molecule has 1 saturated heterocycles. The fraction of sp³-hybridized carbons (Fsp3) is 0.412. The summed E-state index contributed by atoms with van der Waals surface area (Å²) in [6.45, 7) is 1.95. The maximum Gasteiger partial charge on any atom is 0.238 e. The zero-order valence-electron chi connectivity index (χ0n) is 11.5. The number of anilines is 1. The maximum absolute atomic E-state index is 12.8. The second-order valence-electron chi connectivity index (χ2n) is 6.14. The summed E-state index contributed by atoms with van der Waals surface area (Å²) in [4.78, 5) is 27.0. The molecule has 5 rings (SSSR count). The lowest BCUT2D eigenvalue weighted by atomic mass is 9.63. The number of imide groups is 1. The molecule has 4 atom stereocenters. The molecule has 1 aromatic rings. The zero-order valence-corrected chi connectivity index (χ0v) is 11.5. The molecule has 3 heteroatoms. The van der Waals surface area contributed by atoms with Crippen molar-refractivity contribution >= 4 is 17.5 Å². The van der Waals surface area contributed by atoms with Gasteiger partial charge >= 0.3 is 0 Å². The Morgan fingerprint density at radius 3 is 2.00 bits per heavy atom. The van der Waals surface area contributed by atoms with Crippen molar-refractivity contribution in [2.24, 2.45) is 23.7 Å². The minimum absolute atomic E-state index is 0.00773. The van der Waals surface area contributed by atoms with E-state index < -0.39 is 0 Å². The van der Waals surface area contributed by atoms with E-state index in [0.29, 0.717) is 0 Å². The molecule has 0 spiro atoms. The number of para-hydroxylation sites is 1. The average molecular weight is 267 g/mol. The summed E-state index contributed by atoms with van der Waals surface area (Å²) >= 11 is 0. The molecule has 2 bridgehead atoms. The standard InChI is InChI=1S/C17H17NO2/c1-10-4-2-3-5-13(10)18-16(19)14-11-6-7-12(9-8-11)15(14)17(18)20/h2-7,11-12,14-15H,8-9H2,1H3/t11-,12+,14-,15-/m0/s1. The molecule has 3 aliphatic carbocycles. The van der Waals surface area contributed by atoms with Crippen molar-refractivity contribution in [2.75, 3.05) is 4.90 Å². The molecule has 4 aliphatic rings. The van der Waals surface area contributed by atoms with Gasteiger partial charge in [-0.1, -0.05) is 30.4 Å². The van der Waals surface area contributed by atoms with Crippen molar-refractivity contribution in [1.29, 1.82) is 0 Å². The fourth-order valence-electron chi connectivity index (χ4n) is 4.13. The van der Waals surface area contributed by atoms with Gasteiger partial charge in [0.15, 0.2) is 0 Å². The van der Waals surface area contributed by atoms with Gasteiger partial charge in [0, 0.05) is 0 Å². The monoisotopic (exact) mass is 267 g/mol. The first-order valence-corrected chi connectivity index (χ1v) is 7.30. The number of benzene rings is 1. The minimum Gasteiger partial charge on any atom is -0.274 e. The highest BCUT2D eigenvalue weighted by molar-refractivity contribution is 6.22. The first kappa shape index (κ1) is 11.9. The van der Waals surface area contributed by atoms with E-state index >= 15 is 0 Å². The van der Waals surface area contributed by atoms with E-state index in [0.717, 1.165) is 24.1 Å². The summed E-state index contributed by atoms with van der Waals surface area (Å²) in [7, 11) is 0. The number of fused-ring (bicyclic) bond motifs is 1. The average Bonchev–Trinajstić information content (AvgIpc) is 2.75. The molecule has 20 heavy (non-hydrogen) atoms. The molecule has 0 N–H and O–H groups in total. The van der Waals surface area contributed by atoms with Crippen LogP contribution in [0, 0.1) is 30.6 Å². The van der Waals surface area contributed by atoms with Crippen LogP contribution < -0.4 is 4.90 Å². The number of aryl methyl sites for hydroxylation is 1. The topological polar surface area (TPSA) is 37.4 Å².